The Kier molecular flexibility index (Phi) is 5.48. The van der Waals surface area contributed by atoms with Crippen molar-refractivity contribution in [3.8, 4) is 0 Å². The fourth-order valence-electron chi connectivity index (χ4n) is 2.77. The van der Waals surface area contributed by atoms with Gasteiger partial charge in [-0.1, -0.05) is 24.3 Å². The molecule has 2 aromatic rings. The molecule has 0 bridgehead atoms. The van der Waals surface area contributed by atoms with Crippen LogP contribution in [0.5, 0.6) is 0 Å². The van der Waals surface area contributed by atoms with Crippen LogP contribution in [0, 0.1) is 0 Å². The molecule has 0 aliphatic carbocycles. The number of carbonyl (C=O) groups is 2. The van der Waals surface area contributed by atoms with Crippen LogP contribution < -0.4 is 10.6 Å². The normalized spacial score (nSPS) is 15.1. The second-order valence-corrected chi connectivity index (χ2v) is 6.87. The van der Waals surface area contributed by atoms with Gasteiger partial charge in [0.2, 0.25) is 0 Å². The van der Waals surface area contributed by atoms with E-state index >= 15 is 0 Å². The largest absolute Gasteiger partial charge is 0.349 e. The molecule has 0 saturated carbocycles. The average molecular weight is 343 g/mol. The fraction of sp³-hybridized carbons (Fsp3) is 0.333. The SMILES string of the molecule is O=C(NC1CCN(C(=O)NCc2cccs2)CC1)c1ccccc1. The van der Waals surface area contributed by atoms with E-state index in [1.165, 1.54) is 0 Å². The van der Waals surface area contributed by atoms with Gasteiger partial charge in [0.25, 0.3) is 5.91 Å². The van der Waals surface area contributed by atoms with Gasteiger partial charge in [-0.25, -0.2) is 4.79 Å². The second-order valence-electron chi connectivity index (χ2n) is 5.84. The number of thiophene rings is 1. The summed E-state index contributed by atoms with van der Waals surface area (Å²) in [5.74, 6) is -0.0452. The topological polar surface area (TPSA) is 61.4 Å². The Morgan fingerprint density at radius 2 is 1.83 bits per heavy atom. The molecule has 2 N–H and O–H groups in total. The minimum Gasteiger partial charge on any atom is -0.349 e. The van der Waals surface area contributed by atoms with E-state index in [0.717, 1.165) is 17.7 Å². The van der Waals surface area contributed by atoms with Gasteiger partial charge in [-0.3, -0.25) is 4.79 Å². The lowest BCUT2D eigenvalue weighted by atomic mass is 10.0. The zero-order valence-electron chi connectivity index (χ0n) is 13.4. The molecule has 1 fully saturated rings. The summed E-state index contributed by atoms with van der Waals surface area (Å²) in [6.45, 7) is 1.90. The Bertz CT molecular complexity index is 665. The zero-order chi connectivity index (χ0) is 16.8. The van der Waals surface area contributed by atoms with Crippen LogP contribution in [0.1, 0.15) is 28.1 Å². The van der Waals surface area contributed by atoms with Gasteiger partial charge in [0.1, 0.15) is 0 Å². The summed E-state index contributed by atoms with van der Waals surface area (Å²) in [4.78, 5) is 27.3. The van der Waals surface area contributed by atoms with Crippen molar-refractivity contribution in [2.24, 2.45) is 0 Å². The van der Waals surface area contributed by atoms with Gasteiger partial charge in [0.15, 0.2) is 0 Å². The van der Waals surface area contributed by atoms with E-state index in [-0.39, 0.29) is 18.0 Å². The Balaban J connectivity index is 1.42. The van der Waals surface area contributed by atoms with E-state index in [2.05, 4.69) is 10.6 Å². The van der Waals surface area contributed by atoms with Crippen molar-refractivity contribution in [3.05, 3.63) is 58.3 Å². The first-order chi connectivity index (χ1) is 11.7. The monoisotopic (exact) mass is 343 g/mol. The number of hydrogen-bond acceptors (Lipinski definition) is 3. The maximum absolute atomic E-state index is 12.2. The molecule has 0 radical (unpaired) electrons. The number of rotatable bonds is 4. The van der Waals surface area contributed by atoms with Crippen LogP contribution in [0.2, 0.25) is 0 Å². The molecule has 6 heteroatoms. The van der Waals surface area contributed by atoms with Crippen molar-refractivity contribution in [2.45, 2.75) is 25.4 Å². The predicted molar refractivity (Wildman–Crippen MR) is 95.1 cm³/mol. The van der Waals surface area contributed by atoms with E-state index < -0.39 is 0 Å². The molecule has 0 unspecified atom stereocenters. The maximum atomic E-state index is 12.2. The van der Waals surface area contributed by atoms with Gasteiger partial charge in [0.05, 0.1) is 6.54 Å². The van der Waals surface area contributed by atoms with Gasteiger partial charge < -0.3 is 15.5 Å². The van der Waals surface area contributed by atoms with Crippen LogP contribution in [0.25, 0.3) is 0 Å². The summed E-state index contributed by atoms with van der Waals surface area (Å²) in [7, 11) is 0. The third-order valence-corrected chi connectivity index (χ3v) is 5.02. The van der Waals surface area contributed by atoms with Crippen molar-refractivity contribution < 1.29 is 9.59 Å². The quantitative estimate of drug-likeness (QED) is 0.897. The highest BCUT2D eigenvalue weighted by atomic mass is 32.1. The number of benzene rings is 1. The van der Waals surface area contributed by atoms with E-state index in [9.17, 15) is 9.59 Å². The lowest BCUT2D eigenvalue weighted by molar-refractivity contribution is 0.0918. The molecular weight excluding hydrogens is 322 g/mol. The van der Waals surface area contributed by atoms with Gasteiger partial charge >= 0.3 is 6.03 Å². The molecular formula is C18H21N3O2S. The van der Waals surface area contributed by atoms with Crippen LogP contribution in [0.4, 0.5) is 4.79 Å². The van der Waals surface area contributed by atoms with Crippen LogP contribution >= 0.6 is 11.3 Å². The number of piperidine rings is 1. The summed E-state index contributed by atoms with van der Waals surface area (Å²) in [6.07, 6.45) is 1.57. The second kappa shape index (κ2) is 7.97. The first-order valence-corrected chi connectivity index (χ1v) is 9.01. The van der Waals surface area contributed by atoms with Crippen LogP contribution in [-0.4, -0.2) is 36.0 Å². The molecule has 1 aliphatic heterocycles. The molecule has 1 saturated heterocycles. The standard InChI is InChI=1S/C18H21N3O2S/c22-17(14-5-2-1-3-6-14)20-15-8-10-21(11-9-15)18(23)19-13-16-7-4-12-24-16/h1-7,12,15H,8-11,13H2,(H,19,23)(H,20,22). The number of amides is 3. The maximum Gasteiger partial charge on any atom is 0.317 e. The smallest absolute Gasteiger partial charge is 0.317 e. The van der Waals surface area contributed by atoms with Gasteiger partial charge in [0, 0.05) is 29.6 Å². The van der Waals surface area contributed by atoms with E-state index in [1.807, 2.05) is 52.7 Å². The Morgan fingerprint density at radius 1 is 1.08 bits per heavy atom. The molecule has 0 spiro atoms. The summed E-state index contributed by atoms with van der Waals surface area (Å²) >= 11 is 1.64. The number of hydrogen-bond donors (Lipinski definition) is 2. The summed E-state index contributed by atoms with van der Waals surface area (Å²) < 4.78 is 0. The number of likely N-dealkylation sites (tertiary alicyclic amines) is 1. The van der Waals surface area contributed by atoms with E-state index in [4.69, 9.17) is 0 Å². The number of nitrogens with zero attached hydrogens (tertiary/aromatic N) is 1. The Labute approximate surface area is 145 Å². The molecule has 1 aromatic carbocycles. The molecule has 126 valence electrons. The van der Waals surface area contributed by atoms with Crippen molar-refractivity contribution in [3.63, 3.8) is 0 Å². The first kappa shape index (κ1) is 16.5. The third-order valence-electron chi connectivity index (χ3n) is 4.15. The predicted octanol–water partition coefficient (Wildman–Crippen LogP) is 2.85. The van der Waals surface area contributed by atoms with Crippen LogP contribution in [0.3, 0.4) is 0 Å². The minimum atomic E-state index is -0.0452. The molecule has 24 heavy (non-hydrogen) atoms. The van der Waals surface area contributed by atoms with Gasteiger partial charge in [-0.05, 0) is 36.4 Å². The van der Waals surface area contributed by atoms with Crippen molar-refractivity contribution in [1.82, 2.24) is 15.5 Å². The molecule has 1 aromatic heterocycles. The lowest BCUT2D eigenvalue weighted by Crippen LogP contribution is -2.49. The summed E-state index contributed by atoms with van der Waals surface area (Å²) in [6, 6.07) is 13.3. The van der Waals surface area contributed by atoms with E-state index in [1.54, 1.807) is 11.3 Å². The molecule has 1 aliphatic rings. The number of nitrogens with one attached hydrogen (secondary N) is 2. The van der Waals surface area contributed by atoms with Gasteiger partial charge in [-0.2, -0.15) is 0 Å². The highest BCUT2D eigenvalue weighted by Gasteiger charge is 2.24. The minimum absolute atomic E-state index is 0.0313. The summed E-state index contributed by atoms with van der Waals surface area (Å²) in [5, 5.41) is 8.00. The van der Waals surface area contributed by atoms with Crippen molar-refractivity contribution in [2.75, 3.05) is 13.1 Å². The molecule has 3 rings (SSSR count). The summed E-state index contributed by atoms with van der Waals surface area (Å²) in [5.41, 5.74) is 0.675. The van der Waals surface area contributed by atoms with Crippen molar-refractivity contribution in [1.29, 1.82) is 0 Å². The Morgan fingerprint density at radius 3 is 2.50 bits per heavy atom. The molecule has 2 heterocycles. The Hall–Kier alpha value is -2.34. The lowest BCUT2D eigenvalue weighted by Gasteiger charge is -2.32. The molecule has 3 amide bonds. The van der Waals surface area contributed by atoms with Gasteiger partial charge in [-0.15, -0.1) is 11.3 Å². The highest BCUT2D eigenvalue weighted by Crippen LogP contribution is 2.12. The third kappa shape index (κ3) is 4.35. The zero-order valence-corrected chi connectivity index (χ0v) is 14.2. The fourth-order valence-corrected chi connectivity index (χ4v) is 3.42. The number of carbonyl (C=O) groups excluding carboxylic acids is 2. The average Bonchev–Trinajstić information content (AvgIpc) is 3.14. The molecule has 5 nitrogen and oxygen atoms in total. The van der Waals surface area contributed by atoms with Crippen LogP contribution in [-0.2, 0) is 6.54 Å². The highest BCUT2D eigenvalue weighted by molar-refractivity contribution is 7.09. The van der Waals surface area contributed by atoms with E-state index in [0.29, 0.717) is 25.2 Å². The van der Waals surface area contributed by atoms with Crippen molar-refractivity contribution >= 4 is 23.3 Å². The first-order valence-electron chi connectivity index (χ1n) is 8.13. The van der Waals surface area contributed by atoms with Crippen LogP contribution in [0.15, 0.2) is 47.8 Å². The number of urea groups is 1. The molecule has 0 atom stereocenters.